The minimum Gasteiger partial charge on any atom is -0.344 e. The Balaban J connectivity index is 1.92. The second-order valence-corrected chi connectivity index (χ2v) is 6.64. The van der Waals surface area contributed by atoms with Crippen LogP contribution in [0.3, 0.4) is 0 Å². The molecular formula is C20H18Cl2N4O. The highest BCUT2D eigenvalue weighted by Crippen LogP contribution is 2.19. The second kappa shape index (κ2) is 9.86. The maximum Gasteiger partial charge on any atom is 0.251 e. The molecule has 1 atom stereocenters. The first-order chi connectivity index (χ1) is 12.9. The van der Waals surface area contributed by atoms with Gasteiger partial charge in [0.05, 0.1) is 18.3 Å². The third-order valence-electron chi connectivity index (χ3n) is 3.69. The number of hydrogen-bond donors (Lipinski definition) is 1. The maximum atomic E-state index is 12.3. The summed E-state index contributed by atoms with van der Waals surface area (Å²) in [5.74, 6) is 2.23. The molecule has 1 heterocycles. The summed E-state index contributed by atoms with van der Waals surface area (Å²) >= 11 is 11.8. The summed E-state index contributed by atoms with van der Waals surface area (Å²) in [4.78, 5) is 25.0. The number of amides is 1. The molecule has 5 nitrogen and oxygen atoms in total. The predicted octanol–water partition coefficient (Wildman–Crippen LogP) is 4.18. The predicted molar refractivity (Wildman–Crippen MR) is 111 cm³/mol. The number of aliphatic imine (C=N–C) groups is 2. The summed E-state index contributed by atoms with van der Waals surface area (Å²) in [6, 6.07) is 8.04. The Kier molecular flexibility index (Phi) is 7.54. The molecule has 0 radical (unpaired) electrons. The molecule has 0 unspecified atom stereocenters. The number of halogens is 2. The first-order valence-corrected chi connectivity index (χ1v) is 8.85. The molecule has 0 aliphatic rings. The Morgan fingerprint density at radius 3 is 2.63 bits per heavy atom. The van der Waals surface area contributed by atoms with Crippen molar-refractivity contribution in [3.63, 3.8) is 0 Å². The van der Waals surface area contributed by atoms with E-state index in [1.54, 1.807) is 24.4 Å². The molecule has 1 amide bonds. The van der Waals surface area contributed by atoms with Gasteiger partial charge in [-0.15, -0.1) is 6.42 Å². The second-order valence-electron chi connectivity index (χ2n) is 5.76. The number of aromatic nitrogens is 1. The third-order valence-corrected chi connectivity index (χ3v) is 4.12. The van der Waals surface area contributed by atoms with Crippen LogP contribution in [0.25, 0.3) is 0 Å². The van der Waals surface area contributed by atoms with Crippen LogP contribution in [-0.2, 0) is 6.54 Å². The lowest BCUT2D eigenvalue weighted by atomic mass is 10.1. The van der Waals surface area contributed by atoms with Crippen molar-refractivity contribution in [3.8, 4) is 12.3 Å². The molecule has 2 aromatic rings. The van der Waals surface area contributed by atoms with Crippen molar-refractivity contribution in [1.29, 1.82) is 0 Å². The van der Waals surface area contributed by atoms with Gasteiger partial charge in [-0.3, -0.25) is 14.8 Å². The minimum atomic E-state index is -0.283. The summed E-state index contributed by atoms with van der Waals surface area (Å²) in [5.41, 5.74) is 2.61. The average Bonchev–Trinajstić information content (AvgIpc) is 2.64. The van der Waals surface area contributed by atoms with Crippen molar-refractivity contribution in [3.05, 3.63) is 63.4 Å². The van der Waals surface area contributed by atoms with Crippen LogP contribution >= 0.6 is 23.2 Å². The van der Waals surface area contributed by atoms with Gasteiger partial charge in [0.2, 0.25) is 0 Å². The fourth-order valence-corrected chi connectivity index (χ4v) is 2.58. The Morgan fingerprint density at radius 1 is 1.33 bits per heavy atom. The first kappa shape index (κ1) is 20.6. The molecule has 2 rings (SSSR count). The van der Waals surface area contributed by atoms with Gasteiger partial charge in [-0.1, -0.05) is 29.1 Å². The molecule has 7 heteroatoms. The van der Waals surface area contributed by atoms with Crippen molar-refractivity contribution in [2.75, 3.05) is 0 Å². The van der Waals surface area contributed by atoms with Gasteiger partial charge >= 0.3 is 0 Å². The lowest BCUT2D eigenvalue weighted by Crippen LogP contribution is -2.37. The normalized spacial score (nSPS) is 12.6. The zero-order valence-electron chi connectivity index (χ0n) is 14.9. The van der Waals surface area contributed by atoms with Gasteiger partial charge in [0, 0.05) is 33.1 Å². The summed E-state index contributed by atoms with van der Waals surface area (Å²) in [6.45, 7) is 4.03. The molecule has 0 spiro atoms. The zero-order valence-corrected chi connectivity index (χ0v) is 16.4. The molecule has 0 bridgehead atoms. The number of terminal acetylenes is 1. The van der Waals surface area contributed by atoms with Gasteiger partial charge in [-0.05, 0) is 44.2 Å². The standard InChI is InChI=1S/C20H18Cl2N4O/c1-4-15-5-6-19(24-10-15)11-23-12-25-13(2)14(3)26-20(27)16-7-17(21)9-18(22)8-16/h1,5-10,12,14H,11H2,2-3H3,(H,26,27)/b23-12-,25-13+/t14-/m0/s1. The van der Waals surface area contributed by atoms with Crippen LogP contribution in [-0.4, -0.2) is 29.0 Å². The molecule has 138 valence electrons. The highest BCUT2D eigenvalue weighted by atomic mass is 35.5. The third kappa shape index (κ3) is 6.52. The average molecular weight is 401 g/mol. The summed E-state index contributed by atoms with van der Waals surface area (Å²) in [5, 5.41) is 3.65. The van der Waals surface area contributed by atoms with Crippen molar-refractivity contribution in [2.24, 2.45) is 9.98 Å². The van der Waals surface area contributed by atoms with Crippen molar-refractivity contribution >= 4 is 41.2 Å². The van der Waals surface area contributed by atoms with Crippen LogP contribution < -0.4 is 5.32 Å². The smallest absolute Gasteiger partial charge is 0.251 e. The topological polar surface area (TPSA) is 66.7 Å². The molecule has 0 fully saturated rings. The largest absolute Gasteiger partial charge is 0.344 e. The highest BCUT2D eigenvalue weighted by Gasteiger charge is 2.13. The number of benzene rings is 1. The Morgan fingerprint density at radius 2 is 2.04 bits per heavy atom. The SMILES string of the molecule is C#Cc1ccc(C/N=C\N=C(/C)[C@H](C)NC(=O)c2cc(Cl)cc(Cl)c2)nc1. The van der Waals surface area contributed by atoms with Gasteiger partial charge in [0.1, 0.15) is 6.34 Å². The van der Waals surface area contributed by atoms with E-state index in [0.717, 1.165) is 11.3 Å². The Bertz CT molecular complexity index is 894. The van der Waals surface area contributed by atoms with Crippen LogP contribution in [0, 0.1) is 12.3 Å². The van der Waals surface area contributed by atoms with Gasteiger partial charge in [-0.2, -0.15) is 0 Å². The van der Waals surface area contributed by atoms with E-state index in [-0.39, 0.29) is 11.9 Å². The molecule has 27 heavy (non-hydrogen) atoms. The van der Waals surface area contributed by atoms with Crippen molar-refractivity contribution in [1.82, 2.24) is 10.3 Å². The molecule has 0 saturated carbocycles. The van der Waals surface area contributed by atoms with E-state index in [9.17, 15) is 4.79 Å². The van der Waals surface area contributed by atoms with Crippen LogP contribution in [0.2, 0.25) is 10.0 Å². The lowest BCUT2D eigenvalue weighted by Gasteiger charge is -2.13. The quantitative estimate of drug-likeness (QED) is 0.448. The van der Waals surface area contributed by atoms with E-state index in [4.69, 9.17) is 29.6 Å². The van der Waals surface area contributed by atoms with Crippen molar-refractivity contribution in [2.45, 2.75) is 26.4 Å². The highest BCUT2D eigenvalue weighted by molar-refractivity contribution is 6.35. The van der Waals surface area contributed by atoms with E-state index in [1.165, 1.54) is 6.34 Å². The van der Waals surface area contributed by atoms with Crippen molar-refractivity contribution < 1.29 is 4.79 Å². The molecular weight excluding hydrogens is 383 g/mol. The number of carbonyl (C=O) groups excluding carboxylic acids is 1. The lowest BCUT2D eigenvalue weighted by molar-refractivity contribution is 0.0949. The number of carbonyl (C=O) groups is 1. The van der Waals surface area contributed by atoms with E-state index in [2.05, 4.69) is 26.2 Å². The van der Waals surface area contributed by atoms with Crippen LogP contribution in [0.5, 0.6) is 0 Å². The van der Waals surface area contributed by atoms with E-state index in [0.29, 0.717) is 27.9 Å². The Hall–Kier alpha value is -2.68. The van der Waals surface area contributed by atoms with Crippen LogP contribution in [0.15, 0.2) is 46.5 Å². The van der Waals surface area contributed by atoms with E-state index in [1.807, 2.05) is 26.0 Å². The molecule has 0 aliphatic carbocycles. The van der Waals surface area contributed by atoms with Gasteiger partial charge in [-0.25, -0.2) is 4.99 Å². The fourth-order valence-electron chi connectivity index (χ4n) is 2.05. The summed E-state index contributed by atoms with van der Waals surface area (Å²) < 4.78 is 0. The van der Waals surface area contributed by atoms with Crippen LogP contribution in [0.1, 0.15) is 35.5 Å². The number of nitrogens with zero attached hydrogens (tertiary/aromatic N) is 3. The maximum absolute atomic E-state index is 12.3. The number of hydrogen-bond acceptors (Lipinski definition) is 3. The summed E-state index contributed by atoms with van der Waals surface area (Å²) in [6.07, 6.45) is 8.36. The van der Waals surface area contributed by atoms with Gasteiger partial charge in [0.25, 0.3) is 5.91 Å². The molecule has 1 aromatic heterocycles. The minimum absolute atomic E-state index is 0.281. The number of nitrogens with one attached hydrogen (secondary N) is 1. The Labute approximate surface area is 168 Å². The number of pyridine rings is 1. The fraction of sp³-hybridized carbons (Fsp3) is 0.200. The van der Waals surface area contributed by atoms with Crippen LogP contribution in [0.4, 0.5) is 0 Å². The molecule has 0 saturated heterocycles. The number of rotatable bonds is 6. The zero-order chi connectivity index (χ0) is 19.8. The van der Waals surface area contributed by atoms with E-state index < -0.39 is 0 Å². The summed E-state index contributed by atoms with van der Waals surface area (Å²) in [7, 11) is 0. The monoisotopic (exact) mass is 400 g/mol. The molecule has 1 N–H and O–H groups in total. The van der Waals surface area contributed by atoms with E-state index >= 15 is 0 Å². The van der Waals surface area contributed by atoms with Gasteiger partial charge in [0.15, 0.2) is 0 Å². The van der Waals surface area contributed by atoms with Gasteiger partial charge < -0.3 is 5.32 Å². The first-order valence-electron chi connectivity index (χ1n) is 8.10. The molecule has 1 aromatic carbocycles. The molecule has 0 aliphatic heterocycles.